The van der Waals surface area contributed by atoms with E-state index in [2.05, 4.69) is 31.6 Å². The number of benzene rings is 2. The average molecular weight is 627 g/mol. The van der Waals surface area contributed by atoms with E-state index in [-0.39, 0.29) is 25.3 Å². The second kappa shape index (κ2) is 16.4. The van der Waals surface area contributed by atoms with Crippen molar-refractivity contribution in [2.75, 3.05) is 13.1 Å². The monoisotopic (exact) mass is 626 g/mol. The van der Waals surface area contributed by atoms with Gasteiger partial charge in [0.25, 0.3) is 0 Å². The molecule has 1 aliphatic heterocycles. The summed E-state index contributed by atoms with van der Waals surface area (Å²) in [6.45, 7) is 3.04. The number of guanidine groups is 1. The molecule has 4 atom stereocenters. The highest BCUT2D eigenvalue weighted by molar-refractivity contribution is 5.97. The SMILES string of the molecule is CC(C)[C@@H]1NC(=O)[C@H](Cc2ccc3ccccc3c2)NC(=O)[C@H](CC(O)O)NC(=O)CNC(=O)[C@H](CCCN=C(N)N)NC1=O. The molecule has 0 aliphatic carbocycles. The minimum Gasteiger partial charge on any atom is -0.370 e. The van der Waals surface area contributed by atoms with Crippen molar-refractivity contribution in [3.63, 3.8) is 0 Å². The lowest BCUT2D eigenvalue weighted by molar-refractivity contribution is -0.135. The minimum atomic E-state index is -1.97. The Kier molecular flexibility index (Phi) is 12.6. The van der Waals surface area contributed by atoms with E-state index in [9.17, 15) is 34.2 Å². The molecule has 15 heteroatoms. The molecule has 1 fully saturated rings. The molecule has 0 saturated carbocycles. The van der Waals surface area contributed by atoms with Crippen molar-refractivity contribution in [3.8, 4) is 0 Å². The van der Waals surface area contributed by atoms with Gasteiger partial charge in [-0.3, -0.25) is 29.0 Å². The van der Waals surface area contributed by atoms with Crippen molar-refractivity contribution in [2.45, 2.75) is 70.0 Å². The first-order valence-electron chi connectivity index (χ1n) is 14.7. The lowest BCUT2D eigenvalue weighted by atomic mass is 9.98. The fourth-order valence-electron chi connectivity index (χ4n) is 4.88. The lowest BCUT2D eigenvalue weighted by Crippen LogP contribution is -2.59. The van der Waals surface area contributed by atoms with Crippen LogP contribution in [0.1, 0.15) is 38.7 Å². The number of nitrogens with two attached hydrogens (primary N) is 2. The van der Waals surface area contributed by atoms with Crippen LogP contribution >= 0.6 is 0 Å². The summed E-state index contributed by atoms with van der Waals surface area (Å²) in [6, 6.07) is 8.30. The number of rotatable bonds is 9. The number of nitrogens with zero attached hydrogens (tertiary/aromatic N) is 1. The number of carbonyl (C=O) groups is 5. The second-order valence-corrected chi connectivity index (χ2v) is 11.2. The minimum absolute atomic E-state index is 0.0185. The first-order chi connectivity index (χ1) is 21.3. The van der Waals surface area contributed by atoms with Gasteiger partial charge >= 0.3 is 0 Å². The maximum absolute atomic E-state index is 13.7. The summed E-state index contributed by atoms with van der Waals surface area (Å²) in [5, 5.41) is 33.9. The Balaban J connectivity index is 1.96. The summed E-state index contributed by atoms with van der Waals surface area (Å²) in [5.41, 5.74) is 11.4. The van der Waals surface area contributed by atoms with Gasteiger partial charge in [0, 0.05) is 19.4 Å². The zero-order valence-electron chi connectivity index (χ0n) is 25.3. The van der Waals surface area contributed by atoms with Crippen LogP contribution < -0.4 is 38.1 Å². The molecule has 1 saturated heterocycles. The molecule has 0 aromatic heterocycles. The summed E-state index contributed by atoms with van der Waals surface area (Å²) in [7, 11) is 0. The molecule has 3 rings (SSSR count). The van der Waals surface area contributed by atoms with E-state index < -0.39 is 78.9 Å². The van der Waals surface area contributed by atoms with Gasteiger partial charge in [0.05, 0.1) is 6.54 Å². The summed E-state index contributed by atoms with van der Waals surface area (Å²) >= 11 is 0. The largest absolute Gasteiger partial charge is 0.370 e. The predicted octanol–water partition coefficient (Wildman–Crippen LogP) is -2.14. The van der Waals surface area contributed by atoms with Crippen molar-refractivity contribution in [1.29, 1.82) is 0 Å². The summed E-state index contributed by atoms with van der Waals surface area (Å²) in [5.74, 6) is -4.24. The molecule has 15 nitrogen and oxygen atoms in total. The normalized spacial score (nSPS) is 22.0. The summed E-state index contributed by atoms with van der Waals surface area (Å²) in [4.78, 5) is 70.2. The van der Waals surface area contributed by atoms with Crippen LogP contribution in [0.25, 0.3) is 10.8 Å². The van der Waals surface area contributed by atoms with Gasteiger partial charge in [-0.05, 0) is 35.1 Å². The Labute approximate surface area is 260 Å². The quantitative estimate of drug-likeness (QED) is 0.0637. The summed E-state index contributed by atoms with van der Waals surface area (Å²) in [6.07, 6.45) is -2.11. The molecule has 244 valence electrons. The molecule has 1 heterocycles. The highest BCUT2D eigenvalue weighted by atomic mass is 16.5. The molecule has 1 aliphatic rings. The van der Waals surface area contributed by atoms with Crippen LogP contribution in [-0.4, -0.2) is 89.3 Å². The van der Waals surface area contributed by atoms with Gasteiger partial charge in [-0.25, -0.2) is 0 Å². The Morgan fingerprint density at radius 1 is 0.844 bits per heavy atom. The van der Waals surface area contributed by atoms with Crippen LogP contribution in [0, 0.1) is 5.92 Å². The van der Waals surface area contributed by atoms with Gasteiger partial charge in [-0.2, -0.15) is 0 Å². The predicted molar refractivity (Wildman–Crippen MR) is 166 cm³/mol. The standard InChI is InChI=1S/C30H42N8O7/c1-16(2)25-29(45)36-20(8-5-11-33-30(31)32)26(42)34-15-23(39)35-22(14-24(40)41)27(43)37-21(28(44)38-25)13-17-9-10-18-6-3-4-7-19(18)12-17/h3-4,6-7,9-10,12,16,20-22,24-25,40-41H,5,8,11,13-15H2,1-2H3,(H,34,42)(H,35,39)(H,36,45)(H,37,43)(H,38,44)(H4,31,32,33)/t20-,21-,22-,25-/m0/s1. The van der Waals surface area contributed by atoms with Crippen LogP contribution in [0.3, 0.4) is 0 Å². The third kappa shape index (κ3) is 10.7. The van der Waals surface area contributed by atoms with Gasteiger partial charge in [0.2, 0.25) is 29.5 Å². The fraction of sp³-hybridized carbons (Fsp3) is 0.467. The van der Waals surface area contributed by atoms with Crippen LogP contribution in [0.2, 0.25) is 0 Å². The molecular weight excluding hydrogens is 584 g/mol. The molecule has 45 heavy (non-hydrogen) atoms. The first kappa shape index (κ1) is 34.7. The number of fused-ring (bicyclic) bond motifs is 1. The molecule has 11 N–H and O–H groups in total. The zero-order chi connectivity index (χ0) is 33.1. The third-order valence-corrected chi connectivity index (χ3v) is 7.23. The first-order valence-corrected chi connectivity index (χ1v) is 14.7. The molecule has 5 amide bonds. The van der Waals surface area contributed by atoms with E-state index in [4.69, 9.17) is 11.5 Å². The van der Waals surface area contributed by atoms with E-state index in [1.54, 1.807) is 13.8 Å². The average Bonchev–Trinajstić information content (AvgIpc) is 2.98. The molecule has 0 unspecified atom stereocenters. The number of carbonyl (C=O) groups excluding carboxylic acids is 5. The van der Waals surface area contributed by atoms with E-state index in [0.29, 0.717) is 12.0 Å². The Morgan fingerprint density at radius 3 is 2.18 bits per heavy atom. The molecule has 0 spiro atoms. The zero-order valence-corrected chi connectivity index (χ0v) is 25.3. The molecule has 0 radical (unpaired) electrons. The Morgan fingerprint density at radius 2 is 1.51 bits per heavy atom. The molecule has 2 aromatic rings. The smallest absolute Gasteiger partial charge is 0.243 e. The Hall–Kier alpha value is -4.76. The van der Waals surface area contributed by atoms with Gasteiger partial charge < -0.3 is 48.3 Å². The Bertz CT molecular complexity index is 1410. The topological polar surface area (TPSA) is 250 Å². The highest BCUT2D eigenvalue weighted by Crippen LogP contribution is 2.17. The number of hydrogen-bond donors (Lipinski definition) is 9. The number of aliphatic hydroxyl groups is 2. The second-order valence-electron chi connectivity index (χ2n) is 11.2. The van der Waals surface area contributed by atoms with E-state index in [1.165, 1.54) is 0 Å². The fourth-order valence-corrected chi connectivity index (χ4v) is 4.88. The van der Waals surface area contributed by atoms with Crippen molar-refractivity contribution >= 4 is 46.3 Å². The van der Waals surface area contributed by atoms with Crippen LogP contribution in [0.5, 0.6) is 0 Å². The van der Waals surface area contributed by atoms with E-state index in [1.807, 2.05) is 42.5 Å². The van der Waals surface area contributed by atoms with Crippen LogP contribution in [0.4, 0.5) is 0 Å². The summed E-state index contributed by atoms with van der Waals surface area (Å²) < 4.78 is 0. The van der Waals surface area contributed by atoms with Crippen molar-refractivity contribution < 1.29 is 34.2 Å². The van der Waals surface area contributed by atoms with E-state index in [0.717, 1.165) is 10.8 Å². The van der Waals surface area contributed by atoms with Gasteiger partial charge in [-0.1, -0.05) is 56.3 Å². The number of aliphatic imine (C=N–C) groups is 1. The van der Waals surface area contributed by atoms with Gasteiger partial charge in [-0.15, -0.1) is 0 Å². The number of amides is 5. The van der Waals surface area contributed by atoms with Crippen molar-refractivity contribution in [1.82, 2.24) is 26.6 Å². The maximum atomic E-state index is 13.7. The van der Waals surface area contributed by atoms with E-state index >= 15 is 0 Å². The van der Waals surface area contributed by atoms with Crippen molar-refractivity contribution in [3.05, 3.63) is 48.0 Å². The maximum Gasteiger partial charge on any atom is 0.243 e. The highest BCUT2D eigenvalue weighted by Gasteiger charge is 2.34. The molecule has 0 bridgehead atoms. The molecule has 2 aromatic carbocycles. The van der Waals surface area contributed by atoms with Crippen LogP contribution in [0.15, 0.2) is 47.5 Å². The number of hydrogen-bond acceptors (Lipinski definition) is 8. The lowest BCUT2D eigenvalue weighted by Gasteiger charge is -2.28. The number of aliphatic hydroxyl groups excluding tert-OH is 1. The van der Waals surface area contributed by atoms with Crippen LogP contribution in [-0.2, 0) is 30.4 Å². The third-order valence-electron chi connectivity index (χ3n) is 7.23. The molecular formula is C30H42N8O7. The van der Waals surface area contributed by atoms with Gasteiger partial charge in [0.15, 0.2) is 12.2 Å². The van der Waals surface area contributed by atoms with Crippen molar-refractivity contribution in [2.24, 2.45) is 22.4 Å². The number of nitrogens with one attached hydrogen (secondary N) is 5. The van der Waals surface area contributed by atoms with Gasteiger partial charge in [0.1, 0.15) is 24.2 Å².